The summed E-state index contributed by atoms with van der Waals surface area (Å²) in [5.41, 5.74) is 2.00. The van der Waals surface area contributed by atoms with E-state index >= 15 is 0 Å². The minimum absolute atomic E-state index is 0.111. The molecular formula is C22H27ClN4O. The van der Waals surface area contributed by atoms with Crippen molar-refractivity contribution in [2.24, 2.45) is 0 Å². The number of aromatic nitrogens is 1. The molecule has 0 radical (unpaired) electrons. The van der Waals surface area contributed by atoms with E-state index < -0.39 is 0 Å². The van der Waals surface area contributed by atoms with Gasteiger partial charge in [-0.15, -0.1) is 0 Å². The summed E-state index contributed by atoms with van der Waals surface area (Å²) < 4.78 is 0. The van der Waals surface area contributed by atoms with E-state index in [-0.39, 0.29) is 5.91 Å². The molecule has 28 heavy (non-hydrogen) atoms. The van der Waals surface area contributed by atoms with Crippen LogP contribution in [0.5, 0.6) is 0 Å². The van der Waals surface area contributed by atoms with E-state index in [9.17, 15) is 4.79 Å². The number of carbonyl (C=O) groups is 1. The van der Waals surface area contributed by atoms with Crippen LogP contribution < -0.4 is 4.90 Å². The van der Waals surface area contributed by atoms with Crippen LogP contribution in [0.15, 0.2) is 42.6 Å². The van der Waals surface area contributed by atoms with Crippen molar-refractivity contribution in [2.45, 2.75) is 25.8 Å². The Morgan fingerprint density at radius 2 is 1.64 bits per heavy atom. The molecule has 5 nitrogen and oxygen atoms in total. The molecule has 2 aliphatic heterocycles. The summed E-state index contributed by atoms with van der Waals surface area (Å²) in [6.45, 7) is 6.15. The van der Waals surface area contributed by atoms with E-state index in [0.29, 0.717) is 0 Å². The number of carbonyl (C=O) groups excluding carboxylic acids is 1. The number of nitrogens with zero attached hydrogens (tertiary/aromatic N) is 4. The first kappa shape index (κ1) is 19.2. The highest BCUT2D eigenvalue weighted by molar-refractivity contribution is 6.30. The molecule has 0 unspecified atom stereocenters. The summed E-state index contributed by atoms with van der Waals surface area (Å²) in [5, 5.41) is 0.764. The third-order valence-corrected chi connectivity index (χ3v) is 5.90. The molecule has 2 fully saturated rings. The number of halogens is 1. The Labute approximate surface area is 171 Å². The lowest BCUT2D eigenvalue weighted by molar-refractivity contribution is 0.0628. The van der Waals surface area contributed by atoms with Crippen molar-refractivity contribution in [3.63, 3.8) is 0 Å². The van der Waals surface area contributed by atoms with Crippen LogP contribution in [0.4, 0.5) is 5.82 Å². The van der Waals surface area contributed by atoms with Crippen molar-refractivity contribution in [1.29, 1.82) is 0 Å². The van der Waals surface area contributed by atoms with Gasteiger partial charge in [-0.3, -0.25) is 9.69 Å². The normalized spacial score (nSPS) is 18.3. The fraction of sp³-hybridized carbons (Fsp3) is 0.455. The average molecular weight is 399 g/mol. The van der Waals surface area contributed by atoms with E-state index in [4.69, 9.17) is 11.6 Å². The van der Waals surface area contributed by atoms with E-state index in [1.54, 1.807) is 6.20 Å². The van der Waals surface area contributed by atoms with Crippen LogP contribution in [-0.2, 0) is 6.54 Å². The summed E-state index contributed by atoms with van der Waals surface area (Å²) in [6, 6.07) is 11.8. The van der Waals surface area contributed by atoms with Crippen LogP contribution in [0.1, 0.15) is 35.2 Å². The first-order valence-electron chi connectivity index (χ1n) is 10.2. The Morgan fingerprint density at radius 1 is 0.929 bits per heavy atom. The minimum atomic E-state index is 0.111. The second kappa shape index (κ2) is 8.93. The fourth-order valence-electron chi connectivity index (χ4n) is 4.05. The van der Waals surface area contributed by atoms with Crippen molar-refractivity contribution in [3.8, 4) is 0 Å². The van der Waals surface area contributed by atoms with Crippen LogP contribution in [0, 0.1) is 0 Å². The standard InChI is InChI=1S/C22H27ClN4O/c23-19-8-6-18(7-9-19)17-25-13-15-27(16-14-25)22(28)20-5-4-10-24-21(20)26-11-2-1-3-12-26/h4-10H,1-3,11-17H2. The molecule has 0 saturated carbocycles. The molecule has 148 valence electrons. The maximum Gasteiger partial charge on any atom is 0.257 e. The number of amides is 1. The average Bonchev–Trinajstić information content (AvgIpc) is 2.76. The van der Waals surface area contributed by atoms with Gasteiger partial charge in [0.25, 0.3) is 5.91 Å². The third kappa shape index (κ3) is 4.47. The highest BCUT2D eigenvalue weighted by Crippen LogP contribution is 2.23. The molecule has 2 aromatic rings. The zero-order valence-corrected chi connectivity index (χ0v) is 16.9. The van der Waals surface area contributed by atoms with Crippen LogP contribution in [-0.4, -0.2) is 60.0 Å². The van der Waals surface area contributed by atoms with Gasteiger partial charge >= 0.3 is 0 Å². The molecule has 1 amide bonds. The topological polar surface area (TPSA) is 39.7 Å². The smallest absolute Gasteiger partial charge is 0.257 e. The predicted octanol–water partition coefficient (Wildman–Crippen LogP) is 3.68. The number of hydrogen-bond acceptors (Lipinski definition) is 4. The molecule has 6 heteroatoms. The largest absolute Gasteiger partial charge is 0.356 e. The lowest BCUT2D eigenvalue weighted by Crippen LogP contribution is -2.48. The van der Waals surface area contributed by atoms with Crippen molar-refractivity contribution in [1.82, 2.24) is 14.8 Å². The van der Waals surface area contributed by atoms with Gasteiger partial charge in [-0.2, -0.15) is 0 Å². The van der Waals surface area contributed by atoms with Crippen LogP contribution in [0.3, 0.4) is 0 Å². The van der Waals surface area contributed by atoms with Gasteiger partial charge in [-0.05, 0) is 49.1 Å². The van der Waals surface area contributed by atoms with Crippen LogP contribution in [0.25, 0.3) is 0 Å². The van der Waals surface area contributed by atoms with Gasteiger partial charge in [0.2, 0.25) is 0 Å². The quantitative estimate of drug-likeness (QED) is 0.787. The zero-order chi connectivity index (χ0) is 19.3. The summed E-state index contributed by atoms with van der Waals surface area (Å²) in [5.74, 6) is 0.968. The molecule has 1 aromatic carbocycles. The molecular weight excluding hydrogens is 372 g/mol. The van der Waals surface area contributed by atoms with Crippen molar-refractivity contribution in [2.75, 3.05) is 44.2 Å². The Kier molecular flexibility index (Phi) is 6.13. The summed E-state index contributed by atoms with van der Waals surface area (Å²) in [7, 11) is 0. The first-order chi connectivity index (χ1) is 13.7. The number of piperazine rings is 1. The molecule has 0 N–H and O–H groups in total. The number of pyridine rings is 1. The predicted molar refractivity (Wildman–Crippen MR) is 113 cm³/mol. The van der Waals surface area contributed by atoms with Crippen LogP contribution in [0.2, 0.25) is 5.02 Å². The van der Waals surface area contributed by atoms with Crippen LogP contribution >= 0.6 is 11.6 Å². The van der Waals surface area contributed by atoms with E-state index in [2.05, 4.69) is 26.9 Å². The number of benzene rings is 1. The SMILES string of the molecule is O=C(c1cccnc1N1CCCCC1)N1CCN(Cc2ccc(Cl)cc2)CC1. The molecule has 3 heterocycles. The monoisotopic (exact) mass is 398 g/mol. The van der Waals surface area contributed by atoms with E-state index in [1.807, 2.05) is 29.2 Å². The summed E-state index contributed by atoms with van der Waals surface area (Å²) in [6.07, 6.45) is 5.41. The molecule has 0 atom stereocenters. The minimum Gasteiger partial charge on any atom is -0.356 e. The molecule has 4 rings (SSSR count). The second-order valence-electron chi connectivity index (χ2n) is 7.62. The van der Waals surface area contributed by atoms with Gasteiger partial charge in [-0.1, -0.05) is 23.7 Å². The highest BCUT2D eigenvalue weighted by Gasteiger charge is 2.26. The van der Waals surface area contributed by atoms with Gasteiger partial charge in [0.05, 0.1) is 5.56 Å². The van der Waals surface area contributed by atoms with Gasteiger partial charge in [-0.25, -0.2) is 4.98 Å². The molecule has 1 aromatic heterocycles. The number of piperidine rings is 1. The van der Waals surface area contributed by atoms with Gasteiger partial charge in [0, 0.05) is 57.0 Å². The number of hydrogen-bond donors (Lipinski definition) is 0. The zero-order valence-electron chi connectivity index (χ0n) is 16.2. The first-order valence-corrected chi connectivity index (χ1v) is 10.5. The maximum atomic E-state index is 13.2. The van der Waals surface area contributed by atoms with Gasteiger partial charge in [0.1, 0.15) is 5.82 Å². The van der Waals surface area contributed by atoms with Crippen molar-refractivity contribution >= 4 is 23.3 Å². The molecule has 0 bridgehead atoms. The summed E-state index contributed by atoms with van der Waals surface area (Å²) in [4.78, 5) is 24.4. The molecule has 0 aliphatic carbocycles. The Hall–Kier alpha value is -2.11. The van der Waals surface area contributed by atoms with E-state index in [1.165, 1.54) is 24.8 Å². The van der Waals surface area contributed by atoms with E-state index in [0.717, 1.165) is 62.2 Å². The molecule has 2 aliphatic rings. The molecule has 2 saturated heterocycles. The lowest BCUT2D eigenvalue weighted by atomic mass is 10.1. The van der Waals surface area contributed by atoms with Crippen molar-refractivity contribution < 1.29 is 4.79 Å². The Bertz CT molecular complexity index is 796. The summed E-state index contributed by atoms with van der Waals surface area (Å²) >= 11 is 5.97. The second-order valence-corrected chi connectivity index (χ2v) is 8.05. The van der Waals surface area contributed by atoms with Gasteiger partial charge in [0.15, 0.2) is 0 Å². The molecule has 0 spiro atoms. The Morgan fingerprint density at radius 3 is 2.36 bits per heavy atom. The lowest BCUT2D eigenvalue weighted by Gasteiger charge is -2.36. The third-order valence-electron chi connectivity index (χ3n) is 5.65. The Balaban J connectivity index is 1.38. The maximum absolute atomic E-state index is 13.2. The van der Waals surface area contributed by atoms with Gasteiger partial charge < -0.3 is 9.80 Å². The number of anilines is 1. The highest BCUT2D eigenvalue weighted by atomic mass is 35.5. The fourth-order valence-corrected chi connectivity index (χ4v) is 4.18. The number of rotatable bonds is 4. The van der Waals surface area contributed by atoms with Crippen molar-refractivity contribution in [3.05, 3.63) is 58.7 Å².